The second-order valence-corrected chi connectivity index (χ2v) is 3.97. The van der Waals surface area contributed by atoms with Crippen molar-refractivity contribution in [2.75, 3.05) is 14.2 Å². The van der Waals surface area contributed by atoms with Gasteiger partial charge in [-0.15, -0.1) is 0 Å². The number of esters is 1. The van der Waals surface area contributed by atoms with E-state index in [0.717, 1.165) is 5.56 Å². The van der Waals surface area contributed by atoms with Gasteiger partial charge in [-0.2, -0.15) is 0 Å². The molecule has 1 N–H and O–H groups in total. The molecule has 2 aromatic rings. The second-order valence-electron chi connectivity index (χ2n) is 3.97. The Morgan fingerprint density at radius 3 is 2.85 bits per heavy atom. The standard InChI is InChI=1S/C14H15N3O3/c1-15-7-10-5-3-4-6-12(10)20-13-9-16-8-11(17-13)14(18)19-2/h3-6,8-9,15H,7H2,1-2H3. The predicted octanol–water partition coefficient (Wildman–Crippen LogP) is 1.77. The maximum Gasteiger partial charge on any atom is 0.358 e. The van der Waals surface area contributed by atoms with E-state index in [4.69, 9.17) is 4.74 Å². The highest BCUT2D eigenvalue weighted by Crippen LogP contribution is 2.23. The molecule has 0 aliphatic carbocycles. The highest BCUT2D eigenvalue weighted by atomic mass is 16.5. The number of carbonyl (C=O) groups excluding carboxylic acids is 1. The van der Waals surface area contributed by atoms with E-state index in [1.807, 2.05) is 31.3 Å². The molecule has 1 heterocycles. The van der Waals surface area contributed by atoms with Crippen LogP contribution in [0, 0.1) is 0 Å². The van der Waals surface area contributed by atoms with E-state index in [2.05, 4.69) is 20.0 Å². The predicted molar refractivity (Wildman–Crippen MR) is 72.7 cm³/mol. The third-order valence-corrected chi connectivity index (χ3v) is 2.56. The first kappa shape index (κ1) is 14.0. The molecule has 6 nitrogen and oxygen atoms in total. The fraction of sp³-hybridized carbons (Fsp3) is 0.214. The van der Waals surface area contributed by atoms with Crippen LogP contribution in [0.15, 0.2) is 36.7 Å². The zero-order valence-electron chi connectivity index (χ0n) is 11.3. The maximum atomic E-state index is 11.4. The number of hydrogen-bond acceptors (Lipinski definition) is 6. The summed E-state index contributed by atoms with van der Waals surface area (Å²) in [7, 11) is 3.15. The molecule has 6 heteroatoms. The minimum Gasteiger partial charge on any atom is -0.464 e. The number of para-hydroxylation sites is 1. The van der Waals surface area contributed by atoms with Gasteiger partial charge in [-0.1, -0.05) is 18.2 Å². The van der Waals surface area contributed by atoms with Crippen molar-refractivity contribution in [3.63, 3.8) is 0 Å². The van der Waals surface area contributed by atoms with Gasteiger partial charge in [0, 0.05) is 12.1 Å². The maximum absolute atomic E-state index is 11.4. The third-order valence-electron chi connectivity index (χ3n) is 2.56. The van der Waals surface area contributed by atoms with Crippen LogP contribution in [-0.2, 0) is 11.3 Å². The summed E-state index contributed by atoms with van der Waals surface area (Å²) in [6.45, 7) is 0.667. The molecule has 0 saturated heterocycles. The monoisotopic (exact) mass is 273 g/mol. The number of methoxy groups -OCH3 is 1. The number of rotatable bonds is 5. The molecule has 1 aromatic carbocycles. The highest BCUT2D eigenvalue weighted by Gasteiger charge is 2.10. The molecule has 1 aromatic heterocycles. The zero-order valence-corrected chi connectivity index (χ0v) is 11.3. The summed E-state index contributed by atoms with van der Waals surface area (Å²) in [5.74, 6) is 0.362. The topological polar surface area (TPSA) is 73.3 Å². The Kier molecular flexibility index (Phi) is 4.62. The molecule has 0 radical (unpaired) electrons. The lowest BCUT2D eigenvalue weighted by Gasteiger charge is -2.10. The fourth-order valence-corrected chi connectivity index (χ4v) is 1.65. The fourth-order valence-electron chi connectivity index (χ4n) is 1.65. The molecule has 104 valence electrons. The summed E-state index contributed by atoms with van der Waals surface area (Å²) in [6.07, 6.45) is 2.78. The quantitative estimate of drug-likeness (QED) is 0.837. The van der Waals surface area contributed by atoms with Crippen molar-refractivity contribution in [2.45, 2.75) is 6.54 Å². The molecule has 2 rings (SSSR count). The SMILES string of the molecule is CNCc1ccccc1Oc1cncc(C(=O)OC)n1. The lowest BCUT2D eigenvalue weighted by atomic mass is 10.2. The van der Waals surface area contributed by atoms with E-state index in [1.54, 1.807) is 0 Å². The van der Waals surface area contributed by atoms with Crippen LogP contribution in [0.3, 0.4) is 0 Å². The highest BCUT2D eigenvalue weighted by molar-refractivity contribution is 5.86. The number of carbonyl (C=O) groups is 1. The first-order valence-corrected chi connectivity index (χ1v) is 6.05. The lowest BCUT2D eigenvalue weighted by Crippen LogP contribution is -2.08. The third kappa shape index (κ3) is 3.30. The summed E-state index contributed by atoms with van der Waals surface area (Å²) in [4.78, 5) is 19.4. The largest absolute Gasteiger partial charge is 0.464 e. The molecule has 0 aliphatic heterocycles. The van der Waals surface area contributed by atoms with Crippen LogP contribution in [0.4, 0.5) is 0 Å². The summed E-state index contributed by atoms with van der Waals surface area (Å²) in [5.41, 5.74) is 1.09. The van der Waals surface area contributed by atoms with Gasteiger partial charge < -0.3 is 14.8 Å². The van der Waals surface area contributed by atoms with Gasteiger partial charge in [0.15, 0.2) is 5.69 Å². The van der Waals surface area contributed by atoms with Crippen LogP contribution >= 0.6 is 0 Å². The number of nitrogens with zero attached hydrogens (tertiary/aromatic N) is 2. The van der Waals surface area contributed by atoms with Gasteiger partial charge in [-0.05, 0) is 13.1 Å². The van der Waals surface area contributed by atoms with Crippen molar-refractivity contribution in [1.82, 2.24) is 15.3 Å². The molecule has 0 atom stereocenters. The second kappa shape index (κ2) is 6.63. The van der Waals surface area contributed by atoms with Gasteiger partial charge in [0.1, 0.15) is 5.75 Å². The van der Waals surface area contributed by atoms with E-state index in [1.165, 1.54) is 19.5 Å². The molecule has 0 spiro atoms. The number of ether oxygens (including phenoxy) is 2. The first-order valence-electron chi connectivity index (χ1n) is 6.05. The van der Waals surface area contributed by atoms with Gasteiger partial charge in [-0.25, -0.2) is 9.78 Å². The number of benzene rings is 1. The zero-order chi connectivity index (χ0) is 14.4. The van der Waals surface area contributed by atoms with Crippen molar-refractivity contribution >= 4 is 5.97 Å². The molecular formula is C14H15N3O3. The number of hydrogen-bond donors (Lipinski definition) is 1. The average Bonchev–Trinajstić information content (AvgIpc) is 2.49. The number of nitrogens with one attached hydrogen (secondary N) is 1. The Morgan fingerprint density at radius 2 is 2.10 bits per heavy atom. The van der Waals surface area contributed by atoms with E-state index in [0.29, 0.717) is 12.3 Å². The Balaban J connectivity index is 2.24. The van der Waals surface area contributed by atoms with E-state index < -0.39 is 5.97 Å². The average molecular weight is 273 g/mol. The van der Waals surface area contributed by atoms with Gasteiger partial charge in [0.05, 0.1) is 19.5 Å². The van der Waals surface area contributed by atoms with Crippen molar-refractivity contribution in [3.05, 3.63) is 47.9 Å². The minimum absolute atomic E-state index is 0.107. The Hall–Kier alpha value is -2.47. The Bertz CT molecular complexity index is 602. The van der Waals surface area contributed by atoms with Gasteiger partial charge >= 0.3 is 5.97 Å². The van der Waals surface area contributed by atoms with Crippen molar-refractivity contribution < 1.29 is 14.3 Å². The molecule has 0 bridgehead atoms. The Labute approximate surface area is 116 Å². The summed E-state index contributed by atoms with van der Waals surface area (Å²) < 4.78 is 10.3. The van der Waals surface area contributed by atoms with E-state index >= 15 is 0 Å². The van der Waals surface area contributed by atoms with Crippen molar-refractivity contribution in [3.8, 4) is 11.6 Å². The van der Waals surface area contributed by atoms with Crippen LogP contribution in [0.2, 0.25) is 0 Å². The van der Waals surface area contributed by atoms with Crippen LogP contribution in [-0.4, -0.2) is 30.1 Å². The molecule has 20 heavy (non-hydrogen) atoms. The van der Waals surface area contributed by atoms with Gasteiger partial charge in [0.2, 0.25) is 5.88 Å². The molecule has 0 fully saturated rings. The number of aromatic nitrogens is 2. The van der Waals surface area contributed by atoms with Crippen LogP contribution in [0.1, 0.15) is 16.1 Å². The van der Waals surface area contributed by atoms with Crippen LogP contribution in [0.5, 0.6) is 11.6 Å². The van der Waals surface area contributed by atoms with E-state index in [9.17, 15) is 4.79 Å². The molecule has 0 saturated carbocycles. The summed E-state index contributed by atoms with van der Waals surface area (Å²) in [5, 5.41) is 3.06. The van der Waals surface area contributed by atoms with Crippen LogP contribution in [0.25, 0.3) is 0 Å². The molecule has 0 unspecified atom stereocenters. The van der Waals surface area contributed by atoms with Crippen molar-refractivity contribution in [2.24, 2.45) is 0 Å². The van der Waals surface area contributed by atoms with Crippen LogP contribution < -0.4 is 10.1 Å². The molecule has 0 amide bonds. The van der Waals surface area contributed by atoms with Crippen molar-refractivity contribution in [1.29, 1.82) is 0 Å². The van der Waals surface area contributed by atoms with Gasteiger partial charge in [-0.3, -0.25) is 4.98 Å². The smallest absolute Gasteiger partial charge is 0.358 e. The Morgan fingerprint density at radius 1 is 1.30 bits per heavy atom. The summed E-state index contributed by atoms with van der Waals surface area (Å²) in [6, 6.07) is 7.57. The lowest BCUT2D eigenvalue weighted by molar-refractivity contribution is 0.0592. The molecular weight excluding hydrogens is 258 g/mol. The minimum atomic E-state index is -0.550. The normalized spacial score (nSPS) is 10.1. The first-order chi connectivity index (χ1) is 9.74. The van der Waals surface area contributed by atoms with E-state index in [-0.39, 0.29) is 11.6 Å². The molecule has 0 aliphatic rings. The van der Waals surface area contributed by atoms with Gasteiger partial charge in [0.25, 0.3) is 0 Å². The summed E-state index contributed by atoms with van der Waals surface area (Å²) >= 11 is 0.